The molecule has 0 aliphatic carbocycles. The molecule has 39 heavy (non-hydrogen) atoms. The van der Waals surface area contributed by atoms with Crippen LogP contribution in [0.5, 0.6) is 0 Å². The van der Waals surface area contributed by atoms with E-state index in [1.165, 1.54) is 0 Å². The van der Waals surface area contributed by atoms with Gasteiger partial charge < -0.3 is 20.4 Å². The van der Waals surface area contributed by atoms with Crippen LogP contribution in [0.25, 0.3) is 0 Å². The van der Waals surface area contributed by atoms with Crippen LogP contribution < -0.4 is 10.6 Å². The second kappa shape index (κ2) is 14.1. The molecule has 2 heterocycles. The van der Waals surface area contributed by atoms with Gasteiger partial charge in [0.2, 0.25) is 17.7 Å². The van der Waals surface area contributed by atoms with Gasteiger partial charge in [-0.05, 0) is 74.0 Å². The summed E-state index contributed by atoms with van der Waals surface area (Å²) in [4.78, 5) is 44.1. The number of rotatable bonds is 11. The summed E-state index contributed by atoms with van der Waals surface area (Å²) < 4.78 is 0. The molecule has 2 N–H and O–H groups in total. The van der Waals surface area contributed by atoms with Gasteiger partial charge in [0.15, 0.2) is 0 Å². The number of amides is 3. The molecule has 2 aliphatic heterocycles. The van der Waals surface area contributed by atoms with E-state index in [1.807, 2.05) is 48.2 Å². The second-order valence-electron chi connectivity index (χ2n) is 10.4. The van der Waals surface area contributed by atoms with Crippen molar-refractivity contribution in [2.75, 3.05) is 26.2 Å². The summed E-state index contributed by atoms with van der Waals surface area (Å²) >= 11 is 12.2. The maximum absolute atomic E-state index is 14.0. The monoisotopic (exact) mass is 572 g/mol. The second-order valence-corrected chi connectivity index (χ2v) is 11.3. The zero-order chi connectivity index (χ0) is 27.8. The van der Waals surface area contributed by atoms with E-state index < -0.39 is 12.1 Å². The zero-order valence-corrected chi connectivity index (χ0v) is 24.0. The Morgan fingerprint density at radius 1 is 1.08 bits per heavy atom. The van der Waals surface area contributed by atoms with E-state index in [2.05, 4.69) is 10.6 Å². The van der Waals surface area contributed by atoms with Gasteiger partial charge in [-0.25, -0.2) is 0 Å². The van der Waals surface area contributed by atoms with E-state index in [-0.39, 0.29) is 23.8 Å². The largest absolute Gasteiger partial charge is 0.343 e. The van der Waals surface area contributed by atoms with E-state index in [9.17, 15) is 14.4 Å². The lowest BCUT2D eigenvalue weighted by Gasteiger charge is -2.42. The molecule has 0 bridgehead atoms. The number of carbonyl (C=O) groups is 3. The third-order valence-corrected chi connectivity index (χ3v) is 8.04. The smallest absolute Gasteiger partial charge is 0.246 e. The van der Waals surface area contributed by atoms with Crippen LogP contribution in [-0.2, 0) is 27.2 Å². The molecule has 3 amide bonds. The van der Waals surface area contributed by atoms with E-state index in [0.29, 0.717) is 42.5 Å². The number of aryl methyl sites for hydroxylation is 1. The summed E-state index contributed by atoms with van der Waals surface area (Å²) in [6.07, 6.45) is 5.02. The van der Waals surface area contributed by atoms with Gasteiger partial charge in [0, 0.05) is 36.1 Å². The molecule has 2 fully saturated rings. The molecule has 7 nitrogen and oxygen atoms in total. The first-order chi connectivity index (χ1) is 18.9. The number of nitrogens with one attached hydrogen (secondary N) is 2. The third-order valence-electron chi connectivity index (χ3n) is 7.56. The van der Waals surface area contributed by atoms with Crippen LogP contribution in [0.3, 0.4) is 0 Å². The van der Waals surface area contributed by atoms with E-state index in [4.69, 9.17) is 23.2 Å². The summed E-state index contributed by atoms with van der Waals surface area (Å²) in [6, 6.07) is 13.5. The summed E-state index contributed by atoms with van der Waals surface area (Å²) in [5, 5.41) is 7.53. The third kappa shape index (κ3) is 7.96. The van der Waals surface area contributed by atoms with Crippen molar-refractivity contribution in [2.45, 2.75) is 70.0 Å². The molecule has 2 saturated heterocycles. The highest BCUT2D eigenvalue weighted by Crippen LogP contribution is 2.21. The normalized spacial score (nSPS) is 20.2. The van der Waals surface area contributed by atoms with Gasteiger partial charge in [0.25, 0.3) is 0 Å². The minimum absolute atomic E-state index is 0.0171. The zero-order valence-electron chi connectivity index (χ0n) is 22.5. The molecule has 4 rings (SSSR count). The van der Waals surface area contributed by atoms with Crippen molar-refractivity contribution in [3.63, 3.8) is 0 Å². The Morgan fingerprint density at radius 3 is 2.56 bits per heavy atom. The SMILES string of the molecule is CCCC1C(=O)N(CCCc2cccc(Cl)c2)CCN1C(=O)C(Cc1ccc(Cl)cc1)NC(=O)C1CCCN1. The molecular weight excluding hydrogens is 535 g/mol. The van der Waals surface area contributed by atoms with Gasteiger partial charge in [0.05, 0.1) is 6.04 Å². The van der Waals surface area contributed by atoms with Crippen molar-refractivity contribution < 1.29 is 14.4 Å². The number of halogens is 2. The van der Waals surface area contributed by atoms with Gasteiger partial charge in [-0.2, -0.15) is 0 Å². The van der Waals surface area contributed by atoms with Gasteiger partial charge in [-0.3, -0.25) is 14.4 Å². The van der Waals surface area contributed by atoms with Crippen molar-refractivity contribution in [1.29, 1.82) is 0 Å². The lowest BCUT2D eigenvalue weighted by Crippen LogP contribution is -2.63. The molecule has 2 aliphatic rings. The summed E-state index contributed by atoms with van der Waals surface area (Å²) in [6.45, 7) is 4.37. The van der Waals surface area contributed by atoms with Crippen LogP contribution in [0.1, 0.15) is 50.2 Å². The predicted molar refractivity (Wildman–Crippen MR) is 155 cm³/mol. The Hall–Kier alpha value is -2.61. The van der Waals surface area contributed by atoms with Crippen LogP contribution in [0.2, 0.25) is 10.0 Å². The van der Waals surface area contributed by atoms with Crippen LogP contribution in [0, 0.1) is 0 Å². The number of piperazine rings is 1. The maximum atomic E-state index is 14.0. The van der Waals surface area contributed by atoms with Crippen LogP contribution >= 0.6 is 23.2 Å². The summed E-state index contributed by atoms with van der Waals surface area (Å²) in [7, 11) is 0. The van der Waals surface area contributed by atoms with Gasteiger partial charge in [0.1, 0.15) is 12.1 Å². The Balaban J connectivity index is 1.45. The van der Waals surface area contributed by atoms with Crippen molar-refractivity contribution >= 4 is 40.9 Å². The first-order valence-electron chi connectivity index (χ1n) is 14.0. The summed E-state index contributed by atoms with van der Waals surface area (Å²) in [5.41, 5.74) is 2.04. The minimum atomic E-state index is -0.761. The minimum Gasteiger partial charge on any atom is -0.343 e. The Labute approximate surface area is 241 Å². The molecule has 3 unspecified atom stereocenters. The van der Waals surface area contributed by atoms with Crippen LogP contribution in [0.15, 0.2) is 48.5 Å². The van der Waals surface area contributed by atoms with Gasteiger partial charge in [-0.15, -0.1) is 0 Å². The van der Waals surface area contributed by atoms with Crippen molar-refractivity contribution in [1.82, 2.24) is 20.4 Å². The van der Waals surface area contributed by atoms with E-state index in [1.54, 1.807) is 17.0 Å². The standard InChI is InChI=1S/C30H38Cl2N4O3/c1-2-6-27-30(39)35(16-5-8-21-7-3-9-24(32)19-21)17-18-36(27)29(38)26(20-22-11-13-23(31)14-12-22)34-28(37)25-10-4-15-33-25/h3,7,9,11-14,19,25-27,33H,2,4-6,8,10,15-18,20H2,1H3,(H,34,37). The molecule has 2 aromatic rings. The molecule has 2 aromatic carbocycles. The fraction of sp³-hybridized carbons (Fsp3) is 0.500. The Kier molecular flexibility index (Phi) is 10.7. The highest BCUT2D eigenvalue weighted by molar-refractivity contribution is 6.30. The van der Waals surface area contributed by atoms with Crippen molar-refractivity contribution in [3.8, 4) is 0 Å². The Morgan fingerprint density at radius 2 is 1.87 bits per heavy atom. The van der Waals surface area contributed by atoms with Crippen molar-refractivity contribution in [2.24, 2.45) is 0 Å². The molecule has 210 valence electrons. The van der Waals surface area contributed by atoms with E-state index >= 15 is 0 Å². The van der Waals surface area contributed by atoms with Crippen LogP contribution in [0.4, 0.5) is 0 Å². The number of benzene rings is 2. The number of hydrogen-bond donors (Lipinski definition) is 2. The van der Waals surface area contributed by atoms with E-state index in [0.717, 1.165) is 49.8 Å². The first-order valence-corrected chi connectivity index (χ1v) is 14.7. The van der Waals surface area contributed by atoms with Gasteiger partial charge >= 0.3 is 0 Å². The molecule has 0 aromatic heterocycles. The average Bonchev–Trinajstić information content (AvgIpc) is 3.47. The molecular formula is C30H38Cl2N4O3. The number of carbonyl (C=O) groups excluding carboxylic acids is 3. The topological polar surface area (TPSA) is 81.8 Å². The molecule has 0 saturated carbocycles. The highest BCUT2D eigenvalue weighted by Gasteiger charge is 2.39. The summed E-state index contributed by atoms with van der Waals surface area (Å²) in [5.74, 6) is -0.393. The molecule has 0 spiro atoms. The maximum Gasteiger partial charge on any atom is 0.246 e. The van der Waals surface area contributed by atoms with Crippen molar-refractivity contribution in [3.05, 3.63) is 69.7 Å². The quantitative estimate of drug-likeness (QED) is 0.422. The number of nitrogens with zero attached hydrogens (tertiary/aromatic N) is 2. The Bertz CT molecular complexity index is 1140. The molecule has 0 radical (unpaired) electrons. The van der Waals surface area contributed by atoms with Crippen LogP contribution in [-0.4, -0.2) is 71.8 Å². The average molecular weight is 574 g/mol. The fourth-order valence-electron chi connectivity index (χ4n) is 5.48. The molecule has 9 heteroatoms. The fourth-order valence-corrected chi connectivity index (χ4v) is 5.82. The molecule has 3 atom stereocenters. The lowest BCUT2D eigenvalue weighted by molar-refractivity contribution is -0.153. The lowest BCUT2D eigenvalue weighted by atomic mass is 10.00. The first kappa shape index (κ1) is 29.4. The van der Waals surface area contributed by atoms with Gasteiger partial charge in [-0.1, -0.05) is 60.8 Å². The predicted octanol–water partition coefficient (Wildman–Crippen LogP) is 4.25. The highest BCUT2D eigenvalue weighted by atomic mass is 35.5. The number of hydrogen-bond acceptors (Lipinski definition) is 4.